The molecule has 0 spiro atoms. The van der Waals surface area contributed by atoms with E-state index in [1.165, 1.54) is 6.20 Å². The van der Waals surface area contributed by atoms with Crippen LogP contribution in [0, 0.1) is 0 Å². The molecule has 9 heteroatoms. The van der Waals surface area contributed by atoms with Gasteiger partial charge >= 0.3 is 0 Å². The van der Waals surface area contributed by atoms with Crippen LogP contribution in [-0.4, -0.2) is 47.5 Å². The lowest BCUT2D eigenvalue weighted by molar-refractivity contribution is 0.161. The van der Waals surface area contributed by atoms with Crippen LogP contribution in [0.4, 0.5) is 0 Å². The summed E-state index contributed by atoms with van der Waals surface area (Å²) in [7, 11) is -7.30. The average Bonchev–Trinajstić information content (AvgIpc) is 2.33. The number of pyridine rings is 1. The van der Waals surface area contributed by atoms with Gasteiger partial charge in [0.15, 0.2) is 0 Å². The highest BCUT2D eigenvalue weighted by Crippen LogP contribution is 2.24. The lowest BCUT2D eigenvalue weighted by atomic mass is 9.88. The Labute approximate surface area is 119 Å². The van der Waals surface area contributed by atoms with E-state index in [1.54, 1.807) is 25.1 Å². The van der Waals surface area contributed by atoms with Gasteiger partial charge in [0.25, 0.3) is 20.2 Å². The van der Waals surface area contributed by atoms with E-state index in [1.807, 2.05) is 0 Å². The zero-order valence-electron chi connectivity index (χ0n) is 11.4. The quantitative estimate of drug-likeness (QED) is 0.665. The SMILES string of the molecule is CC(COS(C)(=O)=O)(COS(C)(=O)=O)c1ccccn1. The molecule has 0 saturated carbocycles. The molecule has 1 heterocycles. The summed E-state index contributed by atoms with van der Waals surface area (Å²) >= 11 is 0. The summed E-state index contributed by atoms with van der Waals surface area (Å²) in [4.78, 5) is 4.10. The average molecular weight is 323 g/mol. The Balaban J connectivity index is 3.00. The molecule has 1 aromatic heterocycles. The third-order valence-corrected chi connectivity index (χ3v) is 3.56. The Morgan fingerprint density at radius 3 is 1.90 bits per heavy atom. The maximum absolute atomic E-state index is 11.1. The third kappa shape index (κ3) is 5.95. The van der Waals surface area contributed by atoms with E-state index in [4.69, 9.17) is 8.37 Å². The molecule has 0 unspecified atom stereocenters. The highest BCUT2D eigenvalue weighted by atomic mass is 32.2. The molecule has 1 aromatic rings. The maximum atomic E-state index is 11.1. The molecule has 114 valence electrons. The van der Waals surface area contributed by atoms with Crippen molar-refractivity contribution in [1.82, 2.24) is 4.98 Å². The maximum Gasteiger partial charge on any atom is 0.264 e. The van der Waals surface area contributed by atoms with Gasteiger partial charge in [0.1, 0.15) is 0 Å². The van der Waals surface area contributed by atoms with Gasteiger partial charge in [-0.3, -0.25) is 13.4 Å². The van der Waals surface area contributed by atoms with Gasteiger partial charge in [-0.1, -0.05) is 6.07 Å². The van der Waals surface area contributed by atoms with Gasteiger partial charge in [-0.15, -0.1) is 0 Å². The van der Waals surface area contributed by atoms with Gasteiger partial charge in [0.05, 0.1) is 36.8 Å². The number of hydrogen-bond acceptors (Lipinski definition) is 7. The predicted molar refractivity (Wildman–Crippen MR) is 73.2 cm³/mol. The van der Waals surface area contributed by atoms with Gasteiger partial charge < -0.3 is 0 Å². The minimum Gasteiger partial charge on any atom is -0.269 e. The van der Waals surface area contributed by atoms with Gasteiger partial charge in [-0.25, -0.2) is 0 Å². The fourth-order valence-corrected chi connectivity index (χ4v) is 2.33. The van der Waals surface area contributed by atoms with Crippen LogP contribution in [0.25, 0.3) is 0 Å². The van der Waals surface area contributed by atoms with Crippen molar-refractivity contribution in [3.05, 3.63) is 30.1 Å². The summed E-state index contributed by atoms with van der Waals surface area (Å²) < 4.78 is 54.0. The standard InChI is InChI=1S/C11H17NO6S2/c1-11(8-17-19(2,13)14,9-18-20(3,15)16)10-6-4-5-7-12-10/h4-7H,8-9H2,1-3H3. The third-order valence-electron chi connectivity index (χ3n) is 2.47. The van der Waals surface area contributed by atoms with Crippen molar-refractivity contribution in [2.24, 2.45) is 0 Å². The normalized spacial score (nSPS) is 13.3. The van der Waals surface area contributed by atoms with Crippen LogP contribution in [0.3, 0.4) is 0 Å². The molecule has 0 aliphatic rings. The van der Waals surface area contributed by atoms with Crippen LogP contribution < -0.4 is 0 Å². The minimum atomic E-state index is -3.65. The second-order valence-corrected chi connectivity index (χ2v) is 8.00. The Morgan fingerprint density at radius 1 is 1.05 bits per heavy atom. The van der Waals surface area contributed by atoms with Crippen LogP contribution in [0.5, 0.6) is 0 Å². The minimum absolute atomic E-state index is 0.266. The van der Waals surface area contributed by atoms with E-state index in [2.05, 4.69) is 4.98 Å². The summed E-state index contributed by atoms with van der Waals surface area (Å²) in [6, 6.07) is 5.05. The first-order chi connectivity index (χ1) is 9.02. The summed E-state index contributed by atoms with van der Waals surface area (Å²) in [5.41, 5.74) is -0.528. The molecule has 0 N–H and O–H groups in total. The van der Waals surface area contributed by atoms with Gasteiger partial charge in [-0.05, 0) is 19.1 Å². The van der Waals surface area contributed by atoms with Crippen molar-refractivity contribution >= 4 is 20.2 Å². The zero-order chi connectivity index (χ0) is 15.4. The van der Waals surface area contributed by atoms with Crippen LogP contribution in [0.1, 0.15) is 12.6 Å². The lowest BCUT2D eigenvalue weighted by Crippen LogP contribution is -2.36. The fraction of sp³-hybridized carbons (Fsp3) is 0.545. The highest BCUT2D eigenvalue weighted by molar-refractivity contribution is 7.86. The van der Waals surface area contributed by atoms with Gasteiger partial charge in [-0.2, -0.15) is 16.8 Å². The Morgan fingerprint density at radius 2 is 1.55 bits per heavy atom. The van der Waals surface area contributed by atoms with Crippen molar-refractivity contribution in [2.75, 3.05) is 25.7 Å². The van der Waals surface area contributed by atoms with E-state index >= 15 is 0 Å². The first kappa shape index (κ1) is 17.0. The second kappa shape index (κ2) is 6.17. The molecule has 0 aliphatic carbocycles. The predicted octanol–water partition coefficient (Wildman–Crippen LogP) is 0.292. The van der Waals surface area contributed by atoms with Crippen molar-refractivity contribution < 1.29 is 25.2 Å². The molecule has 20 heavy (non-hydrogen) atoms. The molecular formula is C11H17NO6S2. The van der Waals surface area contributed by atoms with E-state index in [9.17, 15) is 16.8 Å². The monoisotopic (exact) mass is 323 g/mol. The lowest BCUT2D eigenvalue weighted by Gasteiger charge is -2.27. The van der Waals surface area contributed by atoms with Crippen LogP contribution in [-0.2, 0) is 34.0 Å². The zero-order valence-corrected chi connectivity index (χ0v) is 13.1. The van der Waals surface area contributed by atoms with E-state index in [0.29, 0.717) is 5.69 Å². The molecule has 0 fully saturated rings. The Hall–Kier alpha value is -1.03. The number of aromatic nitrogens is 1. The smallest absolute Gasteiger partial charge is 0.264 e. The molecule has 0 atom stereocenters. The van der Waals surface area contributed by atoms with Crippen LogP contribution in [0.2, 0.25) is 0 Å². The molecule has 0 amide bonds. The van der Waals surface area contributed by atoms with Gasteiger partial charge in [0, 0.05) is 6.20 Å². The van der Waals surface area contributed by atoms with E-state index in [0.717, 1.165) is 12.5 Å². The van der Waals surface area contributed by atoms with E-state index < -0.39 is 25.7 Å². The van der Waals surface area contributed by atoms with Crippen LogP contribution >= 0.6 is 0 Å². The number of rotatable bonds is 7. The van der Waals surface area contributed by atoms with Crippen molar-refractivity contribution in [1.29, 1.82) is 0 Å². The number of nitrogens with zero attached hydrogens (tertiary/aromatic N) is 1. The summed E-state index contributed by atoms with van der Waals surface area (Å²) in [6.07, 6.45) is 3.36. The largest absolute Gasteiger partial charge is 0.269 e. The molecule has 0 aromatic carbocycles. The van der Waals surface area contributed by atoms with Gasteiger partial charge in [0.2, 0.25) is 0 Å². The second-order valence-electron chi connectivity index (χ2n) is 4.71. The molecule has 0 radical (unpaired) electrons. The summed E-state index contributed by atoms with van der Waals surface area (Å²) in [5.74, 6) is 0. The number of hydrogen-bond donors (Lipinski definition) is 0. The first-order valence-electron chi connectivity index (χ1n) is 5.62. The Kier molecular flexibility index (Phi) is 5.25. The molecule has 0 aliphatic heterocycles. The highest BCUT2D eigenvalue weighted by Gasteiger charge is 2.32. The van der Waals surface area contributed by atoms with Crippen molar-refractivity contribution in [2.45, 2.75) is 12.3 Å². The molecule has 0 saturated heterocycles. The topological polar surface area (TPSA) is 99.6 Å². The van der Waals surface area contributed by atoms with E-state index in [-0.39, 0.29) is 13.2 Å². The van der Waals surface area contributed by atoms with Crippen molar-refractivity contribution in [3.63, 3.8) is 0 Å². The Bertz CT molecular complexity index is 603. The van der Waals surface area contributed by atoms with Crippen molar-refractivity contribution in [3.8, 4) is 0 Å². The molecule has 1 rings (SSSR count). The molecular weight excluding hydrogens is 306 g/mol. The fourth-order valence-electron chi connectivity index (χ4n) is 1.38. The summed E-state index contributed by atoms with van der Waals surface area (Å²) in [5, 5.41) is 0. The molecule has 0 bridgehead atoms. The van der Waals surface area contributed by atoms with Crippen LogP contribution in [0.15, 0.2) is 24.4 Å². The first-order valence-corrected chi connectivity index (χ1v) is 9.25. The summed E-state index contributed by atoms with van der Waals surface area (Å²) in [6.45, 7) is 1.09. The molecule has 7 nitrogen and oxygen atoms in total.